The predicted octanol–water partition coefficient (Wildman–Crippen LogP) is 3.15. The van der Waals surface area contributed by atoms with E-state index in [0.29, 0.717) is 5.92 Å². The Morgan fingerprint density at radius 3 is 2.31 bits per heavy atom. The van der Waals surface area contributed by atoms with E-state index >= 15 is 0 Å². The monoisotopic (exact) mass is 376 g/mol. The molecule has 3 saturated heterocycles. The first kappa shape index (κ1) is 17.5. The van der Waals surface area contributed by atoms with Gasteiger partial charge in [0, 0.05) is 25.6 Å². The van der Waals surface area contributed by atoms with Crippen molar-refractivity contribution in [3.8, 4) is 0 Å². The molecule has 3 aliphatic heterocycles. The molecular formula is C19H21FN2O3S. The minimum absolute atomic E-state index is 0.0241. The van der Waals surface area contributed by atoms with Crippen molar-refractivity contribution in [2.24, 2.45) is 0 Å². The van der Waals surface area contributed by atoms with Gasteiger partial charge < -0.3 is 4.90 Å². The molecule has 0 spiro atoms. The van der Waals surface area contributed by atoms with Crippen LogP contribution in [0.1, 0.15) is 43.6 Å². The average Bonchev–Trinajstić information content (AvgIpc) is 3.02. The molecule has 3 fully saturated rings. The molecular weight excluding hydrogens is 355 g/mol. The highest BCUT2D eigenvalue weighted by Crippen LogP contribution is 2.44. The van der Waals surface area contributed by atoms with Gasteiger partial charge >= 0.3 is 0 Å². The minimum Gasteiger partial charge on any atom is -0.337 e. The van der Waals surface area contributed by atoms with Crippen LogP contribution in [0.15, 0.2) is 24.3 Å². The summed E-state index contributed by atoms with van der Waals surface area (Å²) < 4.78 is 13.2. The van der Waals surface area contributed by atoms with E-state index in [1.54, 1.807) is 0 Å². The summed E-state index contributed by atoms with van der Waals surface area (Å²) in [6.45, 7) is 0. The van der Waals surface area contributed by atoms with Crippen molar-refractivity contribution in [1.29, 1.82) is 0 Å². The van der Waals surface area contributed by atoms with Crippen LogP contribution in [-0.4, -0.2) is 51.2 Å². The third kappa shape index (κ3) is 3.02. The van der Waals surface area contributed by atoms with Crippen LogP contribution in [0.3, 0.4) is 0 Å². The number of fused-ring (bicyclic) bond motifs is 2. The lowest BCUT2D eigenvalue weighted by Crippen LogP contribution is -2.47. The van der Waals surface area contributed by atoms with Gasteiger partial charge in [-0.05, 0) is 49.3 Å². The van der Waals surface area contributed by atoms with E-state index in [1.165, 1.54) is 19.2 Å². The highest BCUT2D eigenvalue weighted by atomic mass is 32.2. The van der Waals surface area contributed by atoms with Gasteiger partial charge in [0.1, 0.15) is 11.1 Å². The second-order valence-electron chi connectivity index (χ2n) is 7.38. The molecule has 1 aromatic carbocycles. The van der Waals surface area contributed by atoms with Crippen molar-refractivity contribution in [1.82, 2.24) is 9.80 Å². The number of imide groups is 1. The Hall–Kier alpha value is -1.89. The summed E-state index contributed by atoms with van der Waals surface area (Å²) in [6, 6.07) is 7.01. The Labute approximate surface area is 155 Å². The number of rotatable bonds is 3. The summed E-state index contributed by atoms with van der Waals surface area (Å²) in [5, 5.41) is -0.875. The molecule has 26 heavy (non-hydrogen) atoms. The van der Waals surface area contributed by atoms with Crippen molar-refractivity contribution in [2.45, 2.75) is 55.4 Å². The minimum atomic E-state index is -0.589. The maximum Gasteiger partial charge on any atom is 0.288 e. The average molecular weight is 376 g/mol. The first-order valence-electron chi connectivity index (χ1n) is 8.99. The Balaban J connectivity index is 1.43. The smallest absolute Gasteiger partial charge is 0.288 e. The summed E-state index contributed by atoms with van der Waals surface area (Å²) >= 11 is 0.950. The highest BCUT2D eigenvalue weighted by Gasteiger charge is 2.46. The van der Waals surface area contributed by atoms with E-state index in [2.05, 4.69) is 0 Å². The van der Waals surface area contributed by atoms with Crippen LogP contribution in [0.5, 0.6) is 0 Å². The summed E-state index contributed by atoms with van der Waals surface area (Å²) in [4.78, 5) is 39.6. The Kier molecular flexibility index (Phi) is 4.50. The Morgan fingerprint density at radius 1 is 1.15 bits per heavy atom. The molecule has 0 aliphatic carbocycles. The molecule has 0 aromatic heterocycles. The molecule has 7 heteroatoms. The molecule has 0 radical (unpaired) electrons. The first-order valence-corrected chi connectivity index (χ1v) is 9.87. The fourth-order valence-corrected chi connectivity index (χ4v) is 5.52. The van der Waals surface area contributed by atoms with Gasteiger partial charge in [-0.3, -0.25) is 19.3 Å². The lowest BCUT2D eigenvalue weighted by molar-refractivity contribution is -0.138. The van der Waals surface area contributed by atoms with Crippen LogP contribution < -0.4 is 0 Å². The number of hydrogen-bond acceptors (Lipinski definition) is 4. The van der Waals surface area contributed by atoms with Gasteiger partial charge in [-0.25, -0.2) is 4.39 Å². The van der Waals surface area contributed by atoms with Crippen LogP contribution >= 0.6 is 11.8 Å². The maximum absolute atomic E-state index is 13.2. The molecule has 3 atom stereocenters. The van der Waals surface area contributed by atoms with Crippen LogP contribution in [-0.2, 0) is 9.59 Å². The van der Waals surface area contributed by atoms with Gasteiger partial charge in [-0.2, -0.15) is 0 Å². The number of piperidine rings is 1. The third-order valence-corrected chi connectivity index (χ3v) is 6.97. The molecule has 0 saturated carbocycles. The van der Waals surface area contributed by atoms with Gasteiger partial charge in [0.25, 0.3) is 5.24 Å². The third-order valence-electron chi connectivity index (χ3n) is 5.85. The lowest BCUT2D eigenvalue weighted by Gasteiger charge is -2.39. The zero-order valence-electron chi connectivity index (χ0n) is 14.6. The largest absolute Gasteiger partial charge is 0.337 e. The topological polar surface area (TPSA) is 57.7 Å². The zero-order chi connectivity index (χ0) is 18.4. The van der Waals surface area contributed by atoms with E-state index < -0.39 is 5.25 Å². The van der Waals surface area contributed by atoms with Crippen LogP contribution in [0.4, 0.5) is 9.18 Å². The van der Waals surface area contributed by atoms with Crippen molar-refractivity contribution < 1.29 is 18.8 Å². The van der Waals surface area contributed by atoms with E-state index in [9.17, 15) is 18.8 Å². The van der Waals surface area contributed by atoms with Gasteiger partial charge in [0.2, 0.25) is 11.8 Å². The number of carbonyl (C=O) groups is 3. The summed E-state index contributed by atoms with van der Waals surface area (Å²) in [5.74, 6) is -0.194. The first-order chi connectivity index (χ1) is 12.4. The number of nitrogens with zero attached hydrogens (tertiary/aromatic N) is 2. The molecule has 0 N–H and O–H groups in total. The van der Waals surface area contributed by atoms with Gasteiger partial charge in [-0.15, -0.1) is 0 Å². The second kappa shape index (κ2) is 6.68. The molecule has 3 aliphatic rings. The lowest BCUT2D eigenvalue weighted by atomic mass is 9.85. The fraction of sp³-hybridized carbons (Fsp3) is 0.526. The predicted molar refractivity (Wildman–Crippen MR) is 96.2 cm³/mol. The number of amides is 3. The van der Waals surface area contributed by atoms with Gasteiger partial charge in [-0.1, -0.05) is 23.9 Å². The quantitative estimate of drug-likeness (QED) is 0.813. The van der Waals surface area contributed by atoms with E-state index in [1.807, 2.05) is 17.0 Å². The van der Waals surface area contributed by atoms with Crippen molar-refractivity contribution >= 4 is 28.8 Å². The molecule has 2 bridgehead atoms. The number of carbonyl (C=O) groups excluding carboxylic acids is 3. The van der Waals surface area contributed by atoms with Crippen LogP contribution in [0, 0.1) is 5.82 Å². The molecule has 1 aromatic rings. The Bertz CT molecular complexity index is 740. The standard InChI is InChI=1S/C19H21FN2O3S/c1-21-18(24)16(26-19(21)25)10-17(23)22-14-6-7-15(22)9-12(8-14)11-2-4-13(20)5-3-11/h2-5,12,14-16H,6-10H2,1H3/t14-,15-,16-/m1/s1. The SMILES string of the molecule is CN1C(=O)S[C@H](CC(=O)N2[C@@H]3CC[C@@H]2CC(c2ccc(F)cc2)C3)C1=O. The van der Waals surface area contributed by atoms with Crippen LogP contribution in [0.25, 0.3) is 0 Å². The summed E-state index contributed by atoms with van der Waals surface area (Å²) in [6.07, 6.45) is 3.78. The van der Waals surface area contributed by atoms with Crippen molar-refractivity contribution in [2.75, 3.05) is 7.05 Å². The number of thioether (sulfide) groups is 1. The van der Waals surface area contributed by atoms with Gasteiger partial charge in [0.05, 0.1) is 0 Å². The van der Waals surface area contributed by atoms with E-state index in [4.69, 9.17) is 0 Å². The zero-order valence-corrected chi connectivity index (χ0v) is 15.4. The second-order valence-corrected chi connectivity index (χ2v) is 8.53. The molecule has 3 heterocycles. The molecule has 3 amide bonds. The molecule has 5 nitrogen and oxygen atoms in total. The highest BCUT2D eigenvalue weighted by molar-refractivity contribution is 8.15. The number of halogens is 1. The Morgan fingerprint density at radius 2 is 1.77 bits per heavy atom. The fourth-order valence-electron chi connectivity index (χ4n) is 4.54. The van der Waals surface area contributed by atoms with Gasteiger partial charge in [0.15, 0.2) is 0 Å². The summed E-state index contributed by atoms with van der Waals surface area (Å²) in [7, 11) is 1.46. The van der Waals surface area contributed by atoms with Crippen molar-refractivity contribution in [3.63, 3.8) is 0 Å². The molecule has 4 rings (SSSR count). The molecule has 0 unspecified atom stereocenters. The molecule has 138 valence electrons. The normalized spacial score (nSPS) is 31.0. The maximum atomic E-state index is 13.2. The van der Waals surface area contributed by atoms with E-state index in [-0.39, 0.29) is 41.4 Å². The number of hydrogen-bond donors (Lipinski definition) is 0. The van der Waals surface area contributed by atoms with E-state index in [0.717, 1.165) is 47.9 Å². The summed E-state index contributed by atoms with van der Waals surface area (Å²) in [5.41, 5.74) is 1.13. The van der Waals surface area contributed by atoms with Crippen molar-refractivity contribution in [3.05, 3.63) is 35.6 Å². The number of benzene rings is 1. The van der Waals surface area contributed by atoms with Crippen LogP contribution in [0.2, 0.25) is 0 Å².